The second-order valence-electron chi connectivity index (χ2n) is 20.1. The van der Waals surface area contributed by atoms with Gasteiger partial charge < -0.3 is 9.80 Å². The van der Waals surface area contributed by atoms with Gasteiger partial charge in [0, 0.05) is 44.4 Å². The Kier molecular flexibility index (Phi) is 9.51. The summed E-state index contributed by atoms with van der Waals surface area (Å²) in [5, 5.41) is 3.59. The summed E-state index contributed by atoms with van der Waals surface area (Å²) in [5.41, 5.74) is 11.1. The van der Waals surface area contributed by atoms with Gasteiger partial charge in [-0.05, 0) is 180 Å². The van der Waals surface area contributed by atoms with Crippen LogP contribution in [-0.2, 0) is 0 Å². The van der Waals surface area contributed by atoms with E-state index in [2.05, 4.69) is 0 Å². The Morgan fingerprint density at radius 2 is 0.618 bits per heavy atom. The van der Waals surface area contributed by atoms with E-state index in [1.807, 2.05) is 177 Å². The van der Waals surface area contributed by atoms with Crippen molar-refractivity contribution >= 4 is 66.4 Å². The lowest BCUT2D eigenvalue weighted by Crippen LogP contribution is -2.15. The van der Waals surface area contributed by atoms with E-state index in [4.69, 9.17) is 8.22 Å². The maximum absolute atomic E-state index is 18.9. The lowest BCUT2D eigenvalue weighted by atomic mass is 9.90. The Labute approximate surface area is 459 Å². The minimum atomic E-state index is -0.706. The van der Waals surface area contributed by atoms with Crippen LogP contribution in [0, 0.1) is 67.0 Å². The Morgan fingerprint density at radius 1 is 0.316 bits per heavy atom. The number of nitrogens with zero attached hydrogens (tertiary/aromatic N) is 2. The van der Waals surface area contributed by atoms with Crippen LogP contribution >= 0.6 is 0 Å². The van der Waals surface area contributed by atoms with E-state index in [-0.39, 0.29) is 45.3 Å². The van der Waals surface area contributed by atoms with Crippen LogP contribution in [0.1, 0.15) is 58.2 Å². The molecule has 0 heterocycles. The van der Waals surface area contributed by atoms with Crippen LogP contribution < -0.4 is 9.80 Å². The van der Waals surface area contributed by atoms with Crippen molar-refractivity contribution in [3.63, 3.8) is 0 Å². The SMILES string of the molecule is [2H]c1c([2H])c([2H])c(N(c2c(-c3ccc(C)c(C)c3)ccc(-c3ccc(C)c(C)c3)c2F)c2ccc3ccc4c(N(c5c([2H])c([2H])c([2H])c([2H])c5[2H])c5c(-c6ccc(C)c(C)c6)ccc(-c6ccc(C)c(C)c6)c5F)ccc5ccc2c3c54)c([2H])c1[2H]. The Hall–Kier alpha value is -8.86. The van der Waals surface area contributed by atoms with E-state index in [0.717, 1.165) is 44.5 Å². The number of para-hydroxylation sites is 2. The van der Waals surface area contributed by atoms with Gasteiger partial charge in [-0.2, -0.15) is 0 Å². The first-order valence-corrected chi connectivity index (χ1v) is 25.4. The highest BCUT2D eigenvalue weighted by atomic mass is 19.1. The van der Waals surface area contributed by atoms with Crippen molar-refractivity contribution in [2.75, 3.05) is 9.80 Å². The fourth-order valence-electron chi connectivity index (χ4n) is 10.7. The highest BCUT2D eigenvalue weighted by Crippen LogP contribution is 2.52. The highest BCUT2D eigenvalue weighted by molar-refractivity contribution is 6.28. The molecule has 0 saturated carbocycles. The van der Waals surface area contributed by atoms with Gasteiger partial charge in [-0.1, -0.05) is 170 Å². The van der Waals surface area contributed by atoms with Crippen LogP contribution in [0.25, 0.3) is 76.8 Å². The molecule has 0 bridgehead atoms. The van der Waals surface area contributed by atoms with Crippen LogP contribution in [0.3, 0.4) is 0 Å². The summed E-state index contributed by atoms with van der Waals surface area (Å²) < 4.78 is 130. The molecule has 4 heteroatoms. The second-order valence-corrected chi connectivity index (χ2v) is 20.1. The third-order valence-corrected chi connectivity index (χ3v) is 15.5. The smallest absolute Gasteiger partial charge is 0.155 e. The fourth-order valence-corrected chi connectivity index (χ4v) is 10.7. The molecule has 12 rings (SSSR count). The van der Waals surface area contributed by atoms with Crippen LogP contribution in [0.5, 0.6) is 0 Å². The largest absolute Gasteiger partial charge is 0.307 e. The fraction of sp³-hybridized carbons (Fsp3) is 0.111. The van der Waals surface area contributed by atoms with Gasteiger partial charge in [-0.15, -0.1) is 0 Å². The first-order valence-electron chi connectivity index (χ1n) is 30.4. The summed E-state index contributed by atoms with van der Waals surface area (Å²) in [5.74, 6) is -1.41. The first-order chi connectivity index (χ1) is 41.0. The number of hydrogen-bond acceptors (Lipinski definition) is 2. The maximum Gasteiger partial charge on any atom is 0.155 e. The molecule has 0 atom stereocenters. The molecule has 12 aromatic carbocycles. The predicted octanol–water partition coefficient (Wildman–Crippen LogP) is 20.9. The molecule has 12 aromatic rings. The van der Waals surface area contributed by atoms with E-state index in [0.29, 0.717) is 65.7 Å². The molecular weight excluding hydrogens is 931 g/mol. The molecule has 0 spiro atoms. The molecule has 0 radical (unpaired) electrons. The van der Waals surface area contributed by atoms with Crippen molar-refractivity contribution in [1.29, 1.82) is 0 Å². The van der Waals surface area contributed by atoms with Crippen molar-refractivity contribution < 1.29 is 22.5 Å². The lowest BCUT2D eigenvalue weighted by Gasteiger charge is -2.32. The molecule has 0 aromatic heterocycles. The number of halogens is 2. The molecule has 76 heavy (non-hydrogen) atoms. The van der Waals surface area contributed by atoms with Crippen molar-refractivity contribution in [3.05, 3.63) is 262 Å². The summed E-state index contributed by atoms with van der Waals surface area (Å²) in [6.45, 7) is 15.7. The predicted molar refractivity (Wildman–Crippen MR) is 319 cm³/mol. The molecule has 0 saturated heterocycles. The van der Waals surface area contributed by atoms with Crippen molar-refractivity contribution in [1.82, 2.24) is 0 Å². The normalized spacial score (nSPS) is 13.4. The second kappa shape index (κ2) is 19.1. The van der Waals surface area contributed by atoms with Gasteiger partial charge in [0.2, 0.25) is 0 Å². The molecular formula is C72H58F2N2. The molecule has 370 valence electrons. The van der Waals surface area contributed by atoms with Gasteiger partial charge in [0.25, 0.3) is 0 Å². The number of rotatable bonds is 10. The number of aryl methyl sites for hydroxylation is 8. The average Bonchev–Trinajstić information content (AvgIpc) is 0.742. The molecule has 2 nitrogen and oxygen atoms in total. The summed E-state index contributed by atoms with van der Waals surface area (Å²) >= 11 is 0. The molecule has 0 aliphatic rings. The number of anilines is 6. The minimum absolute atomic E-state index is 0.0661. The molecule has 0 fully saturated rings. The van der Waals surface area contributed by atoms with Crippen LogP contribution in [-0.4, -0.2) is 0 Å². The minimum Gasteiger partial charge on any atom is -0.307 e. The molecule has 0 aliphatic heterocycles. The number of benzene rings is 12. The van der Waals surface area contributed by atoms with Crippen molar-refractivity contribution in [2.24, 2.45) is 0 Å². The summed E-state index contributed by atoms with van der Waals surface area (Å²) in [6.07, 6.45) is 0. The monoisotopic (exact) mass is 999 g/mol. The lowest BCUT2D eigenvalue weighted by molar-refractivity contribution is 0.632. The Morgan fingerprint density at radius 3 is 0.947 bits per heavy atom. The van der Waals surface area contributed by atoms with Crippen LogP contribution in [0.2, 0.25) is 0 Å². The molecule has 0 aliphatic carbocycles. The van der Waals surface area contributed by atoms with Gasteiger partial charge in [0.15, 0.2) is 11.6 Å². The number of hydrogen-bond donors (Lipinski definition) is 0. The summed E-state index contributed by atoms with van der Waals surface area (Å²) in [4.78, 5) is 2.92. The van der Waals surface area contributed by atoms with Crippen molar-refractivity contribution in [2.45, 2.75) is 55.4 Å². The van der Waals surface area contributed by atoms with Gasteiger partial charge in [-0.25, -0.2) is 8.78 Å². The zero-order valence-electron chi connectivity index (χ0n) is 53.5. The maximum atomic E-state index is 18.9. The molecule has 0 unspecified atom stereocenters. The van der Waals surface area contributed by atoms with E-state index in [9.17, 15) is 5.48 Å². The van der Waals surface area contributed by atoms with E-state index in [1.165, 1.54) is 9.80 Å². The van der Waals surface area contributed by atoms with Gasteiger partial charge in [0.05, 0.1) is 36.5 Å². The van der Waals surface area contributed by atoms with Crippen molar-refractivity contribution in [3.8, 4) is 44.5 Å². The van der Waals surface area contributed by atoms with Crippen LogP contribution in [0.4, 0.5) is 42.9 Å². The third-order valence-electron chi connectivity index (χ3n) is 15.5. The summed E-state index contributed by atoms with van der Waals surface area (Å²) in [7, 11) is 0. The first kappa shape index (κ1) is 37.8. The topological polar surface area (TPSA) is 6.48 Å². The van der Waals surface area contributed by atoms with Gasteiger partial charge in [0.1, 0.15) is 0 Å². The van der Waals surface area contributed by atoms with Gasteiger partial charge in [-0.3, -0.25) is 0 Å². The standard InChI is InChI=1S/C72H58F2N2/c1-43-19-23-53(39-47(43)5)59-33-35-61(55-25-21-45(3)49(7)41-55)71(69(59)73)75(57-15-11-9-12-16-57)65-37-29-51-28-32-64-66(38-30-52-27-31-63(65)67(51)68(52)64)76(58-17-13-10-14-18-58)72-62(56-26-22-46(4)50(8)42-56)36-34-60(70(72)74)54-24-20-44(2)48(6)40-54/h9-42H,1-8H3/i9D,10D,11D,12D,13D,14D,15D,16D,17D,18D. The average molecular weight is 999 g/mol. The third kappa shape index (κ3) is 8.17. The summed E-state index contributed by atoms with van der Waals surface area (Å²) in [6, 6.07) is 38.6. The Bertz CT molecular complexity index is 4500. The quantitative estimate of drug-likeness (QED) is 0.126. The zero-order chi connectivity index (χ0) is 61.2. The van der Waals surface area contributed by atoms with Gasteiger partial charge >= 0.3 is 0 Å². The van der Waals surface area contributed by atoms with E-state index < -0.39 is 72.1 Å². The zero-order valence-corrected chi connectivity index (χ0v) is 43.5. The molecule has 0 N–H and O–H groups in total. The Balaban J connectivity index is 1.22. The highest BCUT2D eigenvalue weighted by Gasteiger charge is 2.29. The van der Waals surface area contributed by atoms with E-state index in [1.54, 1.807) is 24.3 Å². The van der Waals surface area contributed by atoms with Crippen LogP contribution in [0.15, 0.2) is 206 Å². The van der Waals surface area contributed by atoms with E-state index >= 15 is 8.78 Å². The molecule has 0 amide bonds.